The first-order valence-corrected chi connectivity index (χ1v) is 9.02. The Balaban J connectivity index is 1.73. The van der Waals surface area contributed by atoms with Gasteiger partial charge in [-0.1, -0.05) is 40.0 Å². The Morgan fingerprint density at radius 2 is 2.00 bits per heavy atom. The van der Waals surface area contributed by atoms with Crippen LogP contribution < -0.4 is 5.32 Å². The Kier molecular flexibility index (Phi) is 6.35. The van der Waals surface area contributed by atoms with Crippen LogP contribution in [0.5, 0.6) is 0 Å². The Labute approximate surface area is 126 Å². The minimum absolute atomic E-state index is 0.240. The molecule has 1 N–H and O–H groups in total. The van der Waals surface area contributed by atoms with Gasteiger partial charge in [-0.2, -0.15) is 0 Å². The first-order chi connectivity index (χ1) is 9.63. The zero-order chi connectivity index (χ0) is 14.4. The zero-order valence-corrected chi connectivity index (χ0v) is 13.9. The highest BCUT2D eigenvalue weighted by molar-refractivity contribution is 4.92. The lowest BCUT2D eigenvalue weighted by Crippen LogP contribution is -2.46. The second-order valence-electron chi connectivity index (χ2n) is 7.57. The number of rotatable bonds is 8. The number of hydrogen-bond acceptors (Lipinski definition) is 2. The molecule has 2 unspecified atom stereocenters. The fourth-order valence-electron chi connectivity index (χ4n) is 3.78. The highest BCUT2D eigenvalue weighted by Crippen LogP contribution is 2.42. The predicted molar refractivity (Wildman–Crippen MR) is 86.0 cm³/mol. The lowest BCUT2D eigenvalue weighted by Gasteiger charge is -2.46. The predicted octanol–water partition coefficient (Wildman–Crippen LogP) is 4.53. The monoisotopic (exact) mass is 281 g/mol. The van der Waals surface area contributed by atoms with Crippen molar-refractivity contribution in [3.63, 3.8) is 0 Å². The maximum absolute atomic E-state index is 6.61. The lowest BCUT2D eigenvalue weighted by molar-refractivity contribution is -0.155. The SMILES string of the molecule is CCC1CCCC(OC2(CCNCC(C)C)CCC2)C1. The summed E-state index contributed by atoms with van der Waals surface area (Å²) in [6.45, 7) is 9.15. The highest BCUT2D eigenvalue weighted by atomic mass is 16.5. The summed E-state index contributed by atoms with van der Waals surface area (Å²) in [7, 11) is 0. The Morgan fingerprint density at radius 1 is 1.20 bits per heavy atom. The number of ether oxygens (including phenoxy) is 1. The standard InChI is InChI=1S/C18H35NO/c1-4-16-7-5-8-17(13-16)20-18(9-6-10-18)11-12-19-14-15(2)3/h15-17,19H,4-14H2,1-3H3. The minimum Gasteiger partial charge on any atom is -0.372 e. The van der Waals surface area contributed by atoms with E-state index in [0.29, 0.717) is 6.10 Å². The van der Waals surface area contributed by atoms with E-state index in [2.05, 4.69) is 26.1 Å². The molecule has 0 aromatic heterocycles. The van der Waals surface area contributed by atoms with Gasteiger partial charge in [0.15, 0.2) is 0 Å². The van der Waals surface area contributed by atoms with Crippen LogP contribution in [-0.4, -0.2) is 24.8 Å². The van der Waals surface area contributed by atoms with Crippen molar-refractivity contribution in [3.05, 3.63) is 0 Å². The van der Waals surface area contributed by atoms with Crippen molar-refractivity contribution in [3.8, 4) is 0 Å². The third-order valence-electron chi connectivity index (χ3n) is 5.30. The van der Waals surface area contributed by atoms with Gasteiger partial charge < -0.3 is 10.1 Å². The first-order valence-electron chi connectivity index (χ1n) is 9.02. The van der Waals surface area contributed by atoms with Crippen LogP contribution in [0.1, 0.15) is 78.6 Å². The average molecular weight is 281 g/mol. The van der Waals surface area contributed by atoms with E-state index in [0.717, 1.165) is 24.9 Å². The summed E-state index contributed by atoms with van der Waals surface area (Å²) in [5.74, 6) is 1.67. The van der Waals surface area contributed by atoms with E-state index in [9.17, 15) is 0 Å². The van der Waals surface area contributed by atoms with Crippen molar-refractivity contribution in [2.45, 2.75) is 90.3 Å². The molecule has 2 nitrogen and oxygen atoms in total. The summed E-state index contributed by atoms with van der Waals surface area (Å²) < 4.78 is 6.61. The fraction of sp³-hybridized carbons (Fsp3) is 1.00. The summed E-state index contributed by atoms with van der Waals surface area (Å²) in [6, 6.07) is 0. The lowest BCUT2D eigenvalue weighted by atomic mass is 9.76. The second kappa shape index (κ2) is 7.79. The summed E-state index contributed by atoms with van der Waals surface area (Å²) in [5, 5.41) is 3.59. The maximum atomic E-state index is 6.61. The summed E-state index contributed by atoms with van der Waals surface area (Å²) in [5.41, 5.74) is 0.240. The molecular weight excluding hydrogens is 246 g/mol. The molecule has 20 heavy (non-hydrogen) atoms. The minimum atomic E-state index is 0.240. The molecule has 0 amide bonds. The van der Waals surface area contributed by atoms with Gasteiger partial charge in [0.05, 0.1) is 11.7 Å². The smallest absolute Gasteiger partial charge is 0.0698 e. The van der Waals surface area contributed by atoms with Gasteiger partial charge in [-0.05, 0) is 63.5 Å². The van der Waals surface area contributed by atoms with Gasteiger partial charge >= 0.3 is 0 Å². The van der Waals surface area contributed by atoms with Crippen LogP contribution >= 0.6 is 0 Å². The van der Waals surface area contributed by atoms with E-state index in [1.165, 1.54) is 57.8 Å². The quantitative estimate of drug-likeness (QED) is 0.660. The first kappa shape index (κ1) is 16.3. The molecule has 2 heteroatoms. The van der Waals surface area contributed by atoms with Crippen LogP contribution in [-0.2, 0) is 4.74 Å². The summed E-state index contributed by atoms with van der Waals surface area (Å²) in [4.78, 5) is 0. The molecule has 0 radical (unpaired) electrons. The molecule has 0 spiro atoms. The molecule has 2 fully saturated rings. The van der Waals surface area contributed by atoms with Gasteiger partial charge in [-0.15, -0.1) is 0 Å². The van der Waals surface area contributed by atoms with Crippen LogP contribution in [0.15, 0.2) is 0 Å². The van der Waals surface area contributed by atoms with E-state index >= 15 is 0 Å². The van der Waals surface area contributed by atoms with E-state index < -0.39 is 0 Å². The third-order valence-corrected chi connectivity index (χ3v) is 5.30. The largest absolute Gasteiger partial charge is 0.372 e. The van der Waals surface area contributed by atoms with Crippen molar-refractivity contribution in [2.24, 2.45) is 11.8 Å². The molecule has 0 bridgehead atoms. The van der Waals surface area contributed by atoms with Gasteiger partial charge in [0, 0.05) is 0 Å². The van der Waals surface area contributed by atoms with Gasteiger partial charge in [-0.25, -0.2) is 0 Å². The topological polar surface area (TPSA) is 21.3 Å². The maximum Gasteiger partial charge on any atom is 0.0698 e. The van der Waals surface area contributed by atoms with Gasteiger partial charge in [0.2, 0.25) is 0 Å². The molecule has 0 aromatic rings. The van der Waals surface area contributed by atoms with Crippen LogP contribution in [0.4, 0.5) is 0 Å². The zero-order valence-electron chi connectivity index (χ0n) is 13.9. The fourth-order valence-corrected chi connectivity index (χ4v) is 3.78. The van der Waals surface area contributed by atoms with Gasteiger partial charge in [-0.3, -0.25) is 0 Å². The molecule has 2 atom stereocenters. The normalized spacial score (nSPS) is 29.4. The van der Waals surface area contributed by atoms with Crippen molar-refractivity contribution in [2.75, 3.05) is 13.1 Å². The molecule has 0 heterocycles. The van der Waals surface area contributed by atoms with Crippen molar-refractivity contribution in [1.82, 2.24) is 5.32 Å². The number of hydrogen-bond donors (Lipinski definition) is 1. The number of nitrogens with one attached hydrogen (secondary N) is 1. The molecule has 2 saturated carbocycles. The molecule has 118 valence electrons. The van der Waals surface area contributed by atoms with E-state index in [1.807, 2.05) is 0 Å². The van der Waals surface area contributed by atoms with Gasteiger partial charge in [0.1, 0.15) is 0 Å². The van der Waals surface area contributed by atoms with Crippen molar-refractivity contribution < 1.29 is 4.74 Å². The highest BCUT2D eigenvalue weighted by Gasteiger charge is 2.40. The van der Waals surface area contributed by atoms with Gasteiger partial charge in [0.25, 0.3) is 0 Å². The van der Waals surface area contributed by atoms with Crippen LogP contribution in [0.25, 0.3) is 0 Å². The van der Waals surface area contributed by atoms with E-state index in [-0.39, 0.29) is 5.60 Å². The van der Waals surface area contributed by atoms with E-state index in [1.54, 1.807) is 0 Å². The molecule has 0 aromatic carbocycles. The van der Waals surface area contributed by atoms with Crippen LogP contribution in [0, 0.1) is 11.8 Å². The molecular formula is C18H35NO. The Bertz CT molecular complexity index is 273. The summed E-state index contributed by atoms with van der Waals surface area (Å²) >= 11 is 0. The molecule has 2 rings (SSSR count). The second-order valence-corrected chi connectivity index (χ2v) is 7.57. The molecule has 0 aliphatic heterocycles. The Morgan fingerprint density at radius 3 is 2.60 bits per heavy atom. The summed E-state index contributed by atoms with van der Waals surface area (Å²) in [6.07, 6.45) is 12.5. The van der Waals surface area contributed by atoms with Crippen molar-refractivity contribution >= 4 is 0 Å². The molecule has 0 saturated heterocycles. The average Bonchev–Trinajstić information content (AvgIpc) is 2.40. The Hall–Kier alpha value is -0.0800. The van der Waals surface area contributed by atoms with Crippen LogP contribution in [0.2, 0.25) is 0 Å². The van der Waals surface area contributed by atoms with Crippen molar-refractivity contribution in [1.29, 1.82) is 0 Å². The van der Waals surface area contributed by atoms with E-state index in [4.69, 9.17) is 4.74 Å². The third kappa shape index (κ3) is 4.73. The molecule has 2 aliphatic rings. The van der Waals surface area contributed by atoms with Crippen LogP contribution in [0.3, 0.4) is 0 Å². The molecule has 2 aliphatic carbocycles.